The molecule has 0 heterocycles. The molecule has 0 radical (unpaired) electrons. The van der Waals surface area contributed by atoms with Gasteiger partial charge in [0.05, 0.1) is 16.2 Å². The molecule has 0 fully saturated rings. The number of hydrogen-bond donors (Lipinski definition) is 2. The van der Waals surface area contributed by atoms with E-state index in [1.54, 1.807) is 6.92 Å². The van der Waals surface area contributed by atoms with Crippen molar-refractivity contribution in [3.8, 4) is 0 Å². The zero-order valence-corrected chi connectivity index (χ0v) is 11.1. The lowest BCUT2D eigenvalue weighted by atomic mass is 10.1. The first-order chi connectivity index (χ1) is 9.90. The van der Waals surface area contributed by atoms with Crippen molar-refractivity contribution in [2.45, 2.75) is 6.92 Å². The minimum absolute atomic E-state index is 0.0294. The van der Waals surface area contributed by atoms with Gasteiger partial charge in [0.15, 0.2) is 0 Å². The molecule has 0 bridgehead atoms. The normalized spacial score (nSPS) is 10.2. The van der Waals surface area contributed by atoms with Crippen molar-refractivity contribution in [2.24, 2.45) is 0 Å². The minimum atomic E-state index is -0.697. The van der Waals surface area contributed by atoms with Crippen LogP contribution in [-0.4, -0.2) is 10.8 Å². The van der Waals surface area contributed by atoms with E-state index in [9.17, 15) is 19.3 Å². The summed E-state index contributed by atoms with van der Waals surface area (Å²) in [6, 6.07) is 8.15. The van der Waals surface area contributed by atoms with Crippen LogP contribution in [0.4, 0.5) is 21.5 Å². The van der Waals surface area contributed by atoms with Crippen molar-refractivity contribution in [2.75, 3.05) is 11.1 Å². The number of nitrogens with one attached hydrogen (secondary N) is 1. The third-order valence-corrected chi connectivity index (χ3v) is 2.96. The van der Waals surface area contributed by atoms with Gasteiger partial charge in [0.1, 0.15) is 5.82 Å². The number of para-hydroxylation sites is 1. The lowest BCUT2D eigenvalue weighted by molar-refractivity contribution is -0.385. The highest BCUT2D eigenvalue weighted by molar-refractivity contribution is 6.07. The van der Waals surface area contributed by atoms with Crippen LogP contribution in [0.2, 0.25) is 0 Å². The highest BCUT2D eigenvalue weighted by Gasteiger charge is 2.15. The molecule has 7 heteroatoms. The first kappa shape index (κ1) is 14.4. The summed E-state index contributed by atoms with van der Waals surface area (Å²) >= 11 is 0. The Morgan fingerprint density at radius 2 is 2.05 bits per heavy atom. The largest absolute Gasteiger partial charge is 0.396 e. The SMILES string of the molecule is Cc1ccc(NC(=O)c2cccc(F)c2N)cc1[N+](=O)[O-]. The van der Waals surface area contributed by atoms with Crippen molar-refractivity contribution in [1.82, 2.24) is 0 Å². The lowest BCUT2D eigenvalue weighted by Crippen LogP contribution is -2.15. The second-order valence-corrected chi connectivity index (χ2v) is 4.41. The van der Waals surface area contributed by atoms with Crippen molar-refractivity contribution in [3.05, 3.63) is 63.5 Å². The third-order valence-electron chi connectivity index (χ3n) is 2.96. The van der Waals surface area contributed by atoms with Gasteiger partial charge < -0.3 is 11.1 Å². The van der Waals surface area contributed by atoms with Crippen LogP contribution >= 0.6 is 0 Å². The zero-order valence-electron chi connectivity index (χ0n) is 11.1. The van der Waals surface area contributed by atoms with E-state index in [0.29, 0.717) is 5.56 Å². The van der Waals surface area contributed by atoms with Crippen LogP contribution in [0.1, 0.15) is 15.9 Å². The summed E-state index contributed by atoms with van der Waals surface area (Å²) in [7, 11) is 0. The highest BCUT2D eigenvalue weighted by atomic mass is 19.1. The molecule has 0 atom stereocenters. The summed E-state index contributed by atoms with van der Waals surface area (Å²) < 4.78 is 13.3. The maximum atomic E-state index is 13.3. The summed E-state index contributed by atoms with van der Waals surface area (Å²) in [6.45, 7) is 1.59. The van der Waals surface area contributed by atoms with Crippen LogP contribution in [0.5, 0.6) is 0 Å². The van der Waals surface area contributed by atoms with Gasteiger partial charge >= 0.3 is 0 Å². The molecule has 108 valence electrons. The predicted molar refractivity (Wildman–Crippen MR) is 76.6 cm³/mol. The second kappa shape index (κ2) is 5.58. The van der Waals surface area contributed by atoms with E-state index < -0.39 is 16.6 Å². The molecule has 1 amide bonds. The Morgan fingerprint density at radius 1 is 1.33 bits per heavy atom. The second-order valence-electron chi connectivity index (χ2n) is 4.41. The van der Waals surface area contributed by atoms with Gasteiger partial charge in [-0.15, -0.1) is 0 Å². The van der Waals surface area contributed by atoms with Gasteiger partial charge in [-0.05, 0) is 25.1 Å². The van der Waals surface area contributed by atoms with Crippen LogP contribution in [0.15, 0.2) is 36.4 Å². The number of nitro benzene ring substituents is 1. The summed E-state index contributed by atoms with van der Waals surface area (Å²) in [4.78, 5) is 22.3. The highest BCUT2D eigenvalue weighted by Crippen LogP contribution is 2.23. The maximum absolute atomic E-state index is 13.3. The number of nitrogens with zero attached hydrogens (tertiary/aromatic N) is 1. The van der Waals surface area contributed by atoms with E-state index in [1.165, 1.54) is 30.3 Å². The number of anilines is 2. The molecule has 0 aliphatic heterocycles. The number of nitro groups is 1. The van der Waals surface area contributed by atoms with E-state index >= 15 is 0 Å². The lowest BCUT2D eigenvalue weighted by Gasteiger charge is -2.08. The van der Waals surface area contributed by atoms with E-state index in [2.05, 4.69) is 5.32 Å². The fraction of sp³-hybridized carbons (Fsp3) is 0.0714. The first-order valence-corrected chi connectivity index (χ1v) is 6.00. The maximum Gasteiger partial charge on any atom is 0.274 e. The van der Waals surface area contributed by atoms with Gasteiger partial charge in [0.2, 0.25) is 0 Å². The van der Waals surface area contributed by atoms with Crippen LogP contribution < -0.4 is 11.1 Å². The quantitative estimate of drug-likeness (QED) is 0.515. The standard InChI is InChI=1S/C14H12FN3O3/c1-8-5-6-9(7-12(8)18(20)21)17-14(19)10-3-2-4-11(15)13(10)16/h2-7H,16H2,1H3,(H,17,19). The fourth-order valence-corrected chi connectivity index (χ4v) is 1.82. The molecule has 2 aromatic rings. The Bertz CT molecular complexity index is 731. The van der Waals surface area contributed by atoms with Crippen molar-refractivity contribution in [1.29, 1.82) is 0 Å². The van der Waals surface area contributed by atoms with Crippen molar-refractivity contribution >= 4 is 23.0 Å². The number of carbonyl (C=O) groups excluding carboxylic acids is 1. The zero-order chi connectivity index (χ0) is 15.6. The molecular weight excluding hydrogens is 277 g/mol. The van der Waals surface area contributed by atoms with Crippen LogP contribution in [0.25, 0.3) is 0 Å². The Labute approximate surface area is 119 Å². The van der Waals surface area contributed by atoms with Gasteiger partial charge in [-0.25, -0.2) is 4.39 Å². The molecule has 2 rings (SSSR count). The molecule has 0 unspecified atom stereocenters. The average Bonchev–Trinajstić information content (AvgIpc) is 2.43. The van der Waals surface area contributed by atoms with E-state index in [-0.39, 0.29) is 22.6 Å². The third kappa shape index (κ3) is 2.97. The summed E-state index contributed by atoms with van der Waals surface area (Å²) in [5.41, 5.74) is 5.80. The van der Waals surface area contributed by atoms with Gasteiger partial charge in [-0.1, -0.05) is 12.1 Å². The van der Waals surface area contributed by atoms with E-state index in [4.69, 9.17) is 5.73 Å². The van der Waals surface area contributed by atoms with Gasteiger partial charge in [0, 0.05) is 17.3 Å². The van der Waals surface area contributed by atoms with Gasteiger partial charge in [-0.2, -0.15) is 0 Å². The van der Waals surface area contributed by atoms with E-state index in [1.807, 2.05) is 0 Å². The number of nitrogen functional groups attached to an aromatic ring is 1. The van der Waals surface area contributed by atoms with Crippen molar-refractivity contribution in [3.63, 3.8) is 0 Å². The number of benzene rings is 2. The Morgan fingerprint density at radius 3 is 2.71 bits per heavy atom. The first-order valence-electron chi connectivity index (χ1n) is 6.00. The number of rotatable bonds is 3. The number of carbonyl (C=O) groups is 1. The molecular formula is C14H12FN3O3. The molecule has 0 aliphatic rings. The van der Waals surface area contributed by atoms with E-state index in [0.717, 1.165) is 6.07 Å². The molecule has 0 aromatic heterocycles. The fourth-order valence-electron chi connectivity index (χ4n) is 1.82. The number of halogens is 1. The van der Waals surface area contributed by atoms with Gasteiger partial charge in [0.25, 0.3) is 11.6 Å². The molecule has 0 saturated heterocycles. The van der Waals surface area contributed by atoms with Gasteiger partial charge in [-0.3, -0.25) is 14.9 Å². The molecule has 3 N–H and O–H groups in total. The minimum Gasteiger partial charge on any atom is -0.396 e. The molecule has 21 heavy (non-hydrogen) atoms. The molecule has 2 aromatic carbocycles. The van der Waals surface area contributed by atoms with Crippen LogP contribution in [0, 0.1) is 22.9 Å². The number of aryl methyl sites for hydroxylation is 1. The topological polar surface area (TPSA) is 98.3 Å². The summed E-state index contributed by atoms with van der Waals surface area (Å²) in [6.07, 6.45) is 0. The Hall–Kier alpha value is -2.96. The average molecular weight is 289 g/mol. The number of amides is 1. The molecule has 0 aliphatic carbocycles. The predicted octanol–water partition coefficient (Wildman–Crippen LogP) is 2.88. The molecule has 0 saturated carbocycles. The molecule has 6 nitrogen and oxygen atoms in total. The summed E-state index contributed by atoms with van der Waals surface area (Å²) in [5.74, 6) is -1.33. The number of nitrogens with two attached hydrogens (primary N) is 1. The monoisotopic (exact) mass is 289 g/mol. The summed E-state index contributed by atoms with van der Waals surface area (Å²) in [5, 5.41) is 13.3. The van der Waals surface area contributed by atoms with Crippen molar-refractivity contribution < 1.29 is 14.1 Å². The van der Waals surface area contributed by atoms with Crippen LogP contribution in [0.3, 0.4) is 0 Å². The molecule has 0 spiro atoms. The smallest absolute Gasteiger partial charge is 0.274 e. The number of hydrogen-bond acceptors (Lipinski definition) is 4. The Balaban J connectivity index is 2.30. The van der Waals surface area contributed by atoms with Crippen LogP contribution in [-0.2, 0) is 0 Å². The Kier molecular flexibility index (Phi) is 3.84.